The van der Waals surface area contributed by atoms with Crippen molar-refractivity contribution in [2.24, 2.45) is 0 Å². The van der Waals surface area contributed by atoms with E-state index in [-0.39, 0.29) is 0 Å². The molecule has 0 aliphatic heterocycles. The predicted octanol–water partition coefficient (Wildman–Crippen LogP) is 1.18. The van der Waals surface area contributed by atoms with E-state index in [9.17, 15) is 0 Å². The molecule has 1 aromatic rings. The highest BCUT2D eigenvalue weighted by Crippen LogP contribution is 2.05. The van der Waals surface area contributed by atoms with Gasteiger partial charge < -0.3 is 4.57 Å². The lowest BCUT2D eigenvalue weighted by molar-refractivity contribution is 0.835. The lowest BCUT2D eigenvalue weighted by Gasteiger charge is -1.94. The van der Waals surface area contributed by atoms with Crippen molar-refractivity contribution in [2.75, 3.05) is 0 Å². The second-order valence-electron chi connectivity index (χ2n) is 2.18. The van der Waals surface area contributed by atoms with Crippen LogP contribution in [0.2, 0.25) is 0 Å². The lowest BCUT2D eigenvalue weighted by Crippen LogP contribution is -1.95. The van der Waals surface area contributed by atoms with Crippen LogP contribution in [0.5, 0.6) is 0 Å². The van der Waals surface area contributed by atoms with Gasteiger partial charge in [-0.1, -0.05) is 5.92 Å². The van der Waals surface area contributed by atoms with Gasteiger partial charge in [-0.25, -0.2) is 0 Å². The molecule has 0 aromatic carbocycles. The Balaban J connectivity index is 3.07. The van der Waals surface area contributed by atoms with Crippen LogP contribution >= 0.6 is 0 Å². The van der Waals surface area contributed by atoms with Gasteiger partial charge in [0.2, 0.25) is 0 Å². The summed E-state index contributed by atoms with van der Waals surface area (Å²) >= 11 is 0. The van der Waals surface area contributed by atoms with Gasteiger partial charge >= 0.3 is 0 Å². The number of hydrogen-bond acceptors (Lipinski definition) is 1. The molecule has 1 rings (SSSR count). The molecule has 1 heterocycles. The molecule has 11 heavy (non-hydrogen) atoms. The van der Waals surface area contributed by atoms with Crippen molar-refractivity contribution in [3.63, 3.8) is 0 Å². The molecule has 0 amide bonds. The van der Waals surface area contributed by atoms with Crippen LogP contribution in [-0.2, 0) is 6.54 Å². The van der Waals surface area contributed by atoms with Crippen molar-refractivity contribution in [3.8, 4) is 18.4 Å². The lowest BCUT2D eigenvalue weighted by atomic mass is 10.3. The molecule has 0 bridgehead atoms. The largest absolute Gasteiger partial charge is 0.328 e. The summed E-state index contributed by atoms with van der Waals surface area (Å²) in [6.45, 7) is 4.12. The van der Waals surface area contributed by atoms with Gasteiger partial charge in [0.25, 0.3) is 0 Å². The maximum Gasteiger partial charge on any atom is 0.121 e. The van der Waals surface area contributed by atoms with Gasteiger partial charge in [0.15, 0.2) is 0 Å². The van der Waals surface area contributed by atoms with E-state index in [1.807, 2.05) is 6.07 Å². The van der Waals surface area contributed by atoms with Crippen LogP contribution in [0.4, 0.5) is 0 Å². The Morgan fingerprint density at radius 3 is 3.00 bits per heavy atom. The molecule has 2 heteroatoms. The van der Waals surface area contributed by atoms with Crippen molar-refractivity contribution in [1.82, 2.24) is 4.57 Å². The predicted molar refractivity (Wildman–Crippen MR) is 42.4 cm³/mol. The van der Waals surface area contributed by atoms with Crippen molar-refractivity contribution >= 4 is 0 Å². The second-order valence-corrected chi connectivity index (χ2v) is 2.18. The van der Waals surface area contributed by atoms with Crippen LogP contribution < -0.4 is 0 Å². The monoisotopic (exact) mass is 143 g/mol. The van der Waals surface area contributed by atoms with E-state index in [0.29, 0.717) is 12.2 Å². The van der Waals surface area contributed by atoms with Crippen LogP contribution in [-0.4, -0.2) is 4.57 Å². The van der Waals surface area contributed by atoms with Gasteiger partial charge in [0, 0.05) is 6.20 Å². The quantitative estimate of drug-likeness (QED) is 0.542. The van der Waals surface area contributed by atoms with E-state index >= 15 is 0 Å². The molecule has 2 nitrogen and oxygen atoms in total. The topological polar surface area (TPSA) is 28.7 Å². The fourth-order valence-electron chi connectivity index (χ4n) is 0.891. The Morgan fingerprint density at radius 1 is 1.73 bits per heavy atom. The highest BCUT2D eigenvalue weighted by molar-refractivity contribution is 5.30. The molecule has 0 saturated heterocycles. The number of hydrogen-bond donors (Lipinski definition) is 0. The molecule has 1 aromatic heterocycles. The number of rotatable bonds is 1. The standard InChI is InChI=1S/C9H7N2/c1-3-4-11-7-8(2)5-9(11)6-10/h1,5,7H,2,4H2. The normalized spacial score (nSPS) is 8.64. The van der Waals surface area contributed by atoms with Gasteiger partial charge in [0.05, 0.1) is 6.54 Å². The van der Waals surface area contributed by atoms with Crippen LogP contribution in [0, 0.1) is 30.6 Å². The Morgan fingerprint density at radius 2 is 2.45 bits per heavy atom. The maximum absolute atomic E-state index is 8.59. The molecule has 0 unspecified atom stereocenters. The summed E-state index contributed by atoms with van der Waals surface area (Å²) in [4.78, 5) is 0. The second kappa shape index (κ2) is 2.94. The fourth-order valence-corrected chi connectivity index (χ4v) is 0.891. The Hall–Kier alpha value is -1.67. The molecule has 0 saturated carbocycles. The molecule has 0 N–H and O–H groups in total. The van der Waals surface area contributed by atoms with E-state index in [4.69, 9.17) is 11.7 Å². The Labute approximate surface area is 66.1 Å². The van der Waals surface area contributed by atoms with E-state index in [2.05, 4.69) is 12.8 Å². The number of nitriles is 1. The minimum Gasteiger partial charge on any atom is -0.328 e. The molecule has 1 radical (unpaired) electrons. The van der Waals surface area contributed by atoms with E-state index in [1.165, 1.54) is 0 Å². The maximum atomic E-state index is 8.59. The summed E-state index contributed by atoms with van der Waals surface area (Å²) in [5, 5.41) is 8.59. The molecule has 0 aliphatic rings. The van der Waals surface area contributed by atoms with Crippen molar-refractivity contribution < 1.29 is 0 Å². The van der Waals surface area contributed by atoms with E-state index in [0.717, 1.165) is 5.56 Å². The van der Waals surface area contributed by atoms with Gasteiger partial charge in [0.1, 0.15) is 11.8 Å². The first-order valence-corrected chi connectivity index (χ1v) is 3.13. The average Bonchev–Trinajstić information content (AvgIpc) is 2.32. The smallest absolute Gasteiger partial charge is 0.121 e. The summed E-state index contributed by atoms with van der Waals surface area (Å²) in [6, 6.07) is 3.73. The highest BCUT2D eigenvalue weighted by Gasteiger charge is 1.99. The van der Waals surface area contributed by atoms with Crippen LogP contribution in [0.3, 0.4) is 0 Å². The van der Waals surface area contributed by atoms with Gasteiger partial charge in [-0.3, -0.25) is 0 Å². The molecule has 0 aliphatic carbocycles. The number of terminal acetylenes is 1. The summed E-state index contributed by atoms with van der Waals surface area (Å²) < 4.78 is 1.70. The molecule has 53 valence electrons. The SMILES string of the molecule is C#CCn1cc([CH2])cc1C#N. The van der Waals surface area contributed by atoms with Gasteiger partial charge in [-0.15, -0.1) is 6.42 Å². The third-order valence-corrected chi connectivity index (χ3v) is 1.33. The molecule has 0 atom stereocenters. The Kier molecular flexibility index (Phi) is 1.99. The summed E-state index contributed by atoms with van der Waals surface area (Å²) in [5.41, 5.74) is 1.38. The zero-order valence-corrected chi connectivity index (χ0v) is 6.04. The van der Waals surface area contributed by atoms with Crippen molar-refractivity contribution in [1.29, 1.82) is 5.26 Å². The van der Waals surface area contributed by atoms with Crippen molar-refractivity contribution in [2.45, 2.75) is 6.54 Å². The van der Waals surface area contributed by atoms with Crippen LogP contribution in [0.25, 0.3) is 0 Å². The van der Waals surface area contributed by atoms with Gasteiger partial charge in [-0.2, -0.15) is 5.26 Å². The zero-order valence-electron chi connectivity index (χ0n) is 6.04. The minimum atomic E-state index is 0.429. The van der Waals surface area contributed by atoms with E-state index < -0.39 is 0 Å². The van der Waals surface area contributed by atoms with E-state index in [1.54, 1.807) is 16.8 Å². The first kappa shape index (κ1) is 7.44. The number of nitrogens with zero attached hydrogens (tertiary/aromatic N) is 2. The summed E-state index contributed by atoms with van der Waals surface area (Å²) in [7, 11) is 0. The molecular formula is C9H7N2. The first-order chi connectivity index (χ1) is 5.27. The number of aromatic nitrogens is 1. The van der Waals surface area contributed by atoms with Crippen LogP contribution in [0.15, 0.2) is 12.3 Å². The minimum absolute atomic E-state index is 0.429. The molecule has 0 fully saturated rings. The highest BCUT2D eigenvalue weighted by atomic mass is 15.0. The zero-order chi connectivity index (χ0) is 8.27. The third kappa shape index (κ3) is 1.42. The fraction of sp³-hybridized carbons (Fsp3) is 0.111. The van der Waals surface area contributed by atoms with Crippen molar-refractivity contribution in [3.05, 3.63) is 30.4 Å². The van der Waals surface area contributed by atoms with Crippen LogP contribution in [0.1, 0.15) is 11.3 Å². The third-order valence-electron chi connectivity index (χ3n) is 1.33. The van der Waals surface area contributed by atoms with Gasteiger partial charge in [-0.05, 0) is 18.6 Å². The first-order valence-electron chi connectivity index (χ1n) is 3.13. The molecule has 0 spiro atoms. The summed E-state index contributed by atoms with van der Waals surface area (Å²) in [5.74, 6) is 2.46. The summed E-state index contributed by atoms with van der Waals surface area (Å²) in [6.07, 6.45) is 6.86. The molecular weight excluding hydrogens is 136 g/mol. The average molecular weight is 143 g/mol. The Bertz CT molecular complexity index is 333.